The van der Waals surface area contributed by atoms with Crippen LogP contribution in [0.2, 0.25) is 0 Å². The van der Waals surface area contributed by atoms with Crippen LogP contribution in [-0.2, 0) is 0 Å². The van der Waals surface area contributed by atoms with Gasteiger partial charge in [0.2, 0.25) is 0 Å². The predicted molar refractivity (Wildman–Crippen MR) is 83.0 cm³/mol. The van der Waals surface area contributed by atoms with E-state index in [4.69, 9.17) is 5.26 Å². The molecule has 1 fully saturated rings. The third-order valence-corrected chi connectivity index (χ3v) is 3.81. The molecule has 0 unspecified atom stereocenters. The van der Waals surface area contributed by atoms with Gasteiger partial charge in [-0.3, -0.25) is 4.90 Å². The molecule has 1 aromatic carbocycles. The third kappa shape index (κ3) is 4.22. The number of benzene rings is 1. The van der Waals surface area contributed by atoms with Crippen molar-refractivity contribution in [2.24, 2.45) is 0 Å². The van der Waals surface area contributed by atoms with Crippen molar-refractivity contribution in [1.82, 2.24) is 9.80 Å². The third-order valence-electron chi connectivity index (χ3n) is 3.81. The second-order valence-corrected chi connectivity index (χ2v) is 5.64. The summed E-state index contributed by atoms with van der Waals surface area (Å²) in [4.78, 5) is 7.19. The van der Waals surface area contributed by atoms with Gasteiger partial charge in [-0.25, -0.2) is 0 Å². The van der Waals surface area contributed by atoms with Crippen molar-refractivity contribution < 1.29 is 0 Å². The lowest BCUT2D eigenvalue weighted by Crippen LogP contribution is -2.46. The van der Waals surface area contributed by atoms with E-state index in [1.165, 1.54) is 18.7 Å². The highest BCUT2D eigenvalue weighted by molar-refractivity contribution is 5.50. The number of rotatable bonds is 5. The summed E-state index contributed by atoms with van der Waals surface area (Å²) < 4.78 is 0. The molecule has 108 valence electrons. The van der Waals surface area contributed by atoms with Crippen LogP contribution in [0.25, 0.3) is 0 Å². The lowest BCUT2D eigenvalue weighted by Gasteiger charge is -2.36. The van der Waals surface area contributed by atoms with Gasteiger partial charge in [0.1, 0.15) is 0 Å². The summed E-state index contributed by atoms with van der Waals surface area (Å²) in [7, 11) is 4.26. The van der Waals surface area contributed by atoms with Gasteiger partial charge in [-0.05, 0) is 57.9 Å². The van der Waals surface area contributed by atoms with Gasteiger partial charge in [0.15, 0.2) is 0 Å². The summed E-state index contributed by atoms with van der Waals surface area (Å²) >= 11 is 0. The van der Waals surface area contributed by atoms with E-state index in [1.54, 1.807) is 0 Å². The molecule has 1 aliphatic rings. The minimum absolute atomic E-state index is 0.732. The smallest absolute Gasteiger partial charge is 0.0991 e. The van der Waals surface area contributed by atoms with Gasteiger partial charge in [0, 0.05) is 31.9 Å². The predicted octanol–water partition coefficient (Wildman–Crippen LogP) is 1.63. The highest BCUT2D eigenvalue weighted by atomic mass is 15.3. The van der Waals surface area contributed by atoms with Crippen LogP contribution in [0.1, 0.15) is 12.0 Å². The lowest BCUT2D eigenvalue weighted by atomic mass is 10.2. The van der Waals surface area contributed by atoms with Crippen molar-refractivity contribution in [3.63, 3.8) is 0 Å². The van der Waals surface area contributed by atoms with Crippen molar-refractivity contribution in [2.45, 2.75) is 6.42 Å². The molecule has 0 radical (unpaired) electrons. The molecule has 0 bridgehead atoms. The van der Waals surface area contributed by atoms with E-state index < -0.39 is 0 Å². The Hall–Kier alpha value is -1.57. The number of hydrogen-bond donors (Lipinski definition) is 0. The Morgan fingerprint density at radius 1 is 1.10 bits per heavy atom. The number of anilines is 1. The summed E-state index contributed by atoms with van der Waals surface area (Å²) in [5, 5.41) is 8.82. The highest BCUT2D eigenvalue weighted by Crippen LogP contribution is 2.17. The van der Waals surface area contributed by atoms with Gasteiger partial charge in [-0.1, -0.05) is 0 Å². The summed E-state index contributed by atoms with van der Waals surface area (Å²) in [6.45, 7) is 6.78. The number of nitrogens with zero attached hydrogens (tertiary/aromatic N) is 4. The molecule has 0 aromatic heterocycles. The number of hydrogen-bond acceptors (Lipinski definition) is 4. The zero-order valence-electron chi connectivity index (χ0n) is 12.5. The largest absolute Gasteiger partial charge is 0.369 e. The first-order valence-electron chi connectivity index (χ1n) is 7.31. The molecule has 0 N–H and O–H groups in total. The molecule has 1 saturated heterocycles. The molecular weight excluding hydrogens is 248 g/mol. The fourth-order valence-corrected chi connectivity index (χ4v) is 2.59. The van der Waals surface area contributed by atoms with Gasteiger partial charge < -0.3 is 9.80 Å². The molecule has 1 heterocycles. The van der Waals surface area contributed by atoms with E-state index in [0.717, 1.165) is 38.3 Å². The Morgan fingerprint density at radius 3 is 2.30 bits per heavy atom. The van der Waals surface area contributed by atoms with E-state index in [0.29, 0.717) is 0 Å². The summed E-state index contributed by atoms with van der Waals surface area (Å²) in [5.41, 5.74) is 1.97. The minimum Gasteiger partial charge on any atom is -0.369 e. The van der Waals surface area contributed by atoms with Gasteiger partial charge in [0.05, 0.1) is 11.6 Å². The Morgan fingerprint density at radius 2 is 1.75 bits per heavy atom. The van der Waals surface area contributed by atoms with Crippen LogP contribution >= 0.6 is 0 Å². The Kier molecular flexibility index (Phi) is 5.40. The maximum Gasteiger partial charge on any atom is 0.0991 e. The van der Waals surface area contributed by atoms with Crippen molar-refractivity contribution in [1.29, 1.82) is 5.26 Å². The Labute approximate surface area is 122 Å². The standard InChI is InChI=1S/C16H24N4/c1-18(2)8-3-9-19-10-12-20(13-11-19)16-6-4-15(14-17)5-7-16/h4-7H,3,8-13H2,1-2H3. The van der Waals surface area contributed by atoms with Crippen molar-refractivity contribution in [2.75, 3.05) is 58.3 Å². The number of nitriles is 1. The van der Waals surface area contributed by atoms with Crippen LogP contribution in [0.5, 0.6) is 0 Å². The molecule has 1 aliphatic heterocycles. The highest BCUT2D eigenvalue weighted by Gasteiger charge is 2.16. The average Bonchev–Trinajstić information content (AvgIpc) is 2.48. The van der Waals surface area contributed by atoms with Gasteiger partial charge in [-0.15, -0.1) is 0 Å². The maximum absolute atomic E-state index is 8.82. The van der Waals surface area contributed by atoms with Crippen LogP contribution < -0.4 is 4.90 Å². The zero-order chi connectivity index (χ0) is 14.4. The zero-order valence-corrected chi connectivity index (χ0v) is 12.5. The summed E-state index contributed by atoms with van der Waals surface area (Å²) in [5.74, 6) is 0. The van der Waals surface area contributed by atoms with Crippen molar-refractivity contribution in [3.8, 4) is 6.07 Å². The second kappa shape index (κ2) is 7.28. The van der Waals surface area contributed by atoms with Crippen LogP contribution in [-0.4, -0.2) is 63.2 Å². The van der Waals surface area contributed by atoms with Crippen LogP contribution in [0.3, 0.4) is 0 Å². The van der Waals surface area contributed by atoms with E-state index >= 15 is 0 Å². The molecule has 0 spiro atoms. The number of piperazine rings is 1. The van der Waals surface area contributed by atoms with E-state index in [-0.39, 0.29) is 0 Å². The van der Waals surface area contributed by atoms with E-state index in [1.807, 2.05) is 12.1 Å². The molecule has 0 aliphatic carbocycles. The van der Waals surface area contributed by atoms with E-state index in [9.17, 15) is 0 Å². The van der Waals surface area contributed by atoms with Crippen LogP contribution in [0.4, 0.5) is 5.69 Å². The SMILES string of the molecule is CN(C)CCCN1CCN(c2ccc(C#N)cc2)CC1. The van der Waals surface area contributed by atoms with Gasteiger partial charge in [0.25, 0.3) is 0 Å². The molecule has 2 rings (SSSR count). The molecular formula is C16H24N4. The Balaban J connectivity index is 1.77. The Bertz CT molecular complexity index is 439. The minimum atomic E-state index is 0.732. The quantitative estimate of drug-likeness (QED) is 0.816. The molecule has 20 heavy (non-hydrogen) atoms. The first-order valence-corrected chi connectivity index (χ1v) is 7.31. The van der Waals surface area contributed by atoms with Crippen LogP contribution in [0, 0.1) is 11.3 Å². The summed E-state index contributed by atoms with van der Waals surface area (Å²) in [6, 6.07) is 10.1. The average molecular weight is 272 g/mol. The normalized spacial score (nSPS) is 16.4. The van der Waals surface area contributed by atoms with Crippen molar-refractivity contribution >= 4 is 5.69 Å². The second-order valence-electron chi connectivity index (χ2n) is 5.64. The topological polar surface area (TPSA) is 33.5 Å². The van der Waals surface area contributed by atoms with Crippen LogP contribution in [0.15, 0.2) is 24.3 Å². The molecule has 1 aromatic rings. The fraction of sp³-hybridized carbons (Fsp3) is 0.562. The molecule has 4 heteroatoms. The van der Waals surface area contributed by atoms with Gasteiger partial charge in [-0.2, -0.15) is 5.26 Å². The van der Waals surface area contributed by atoms with E-state index in [2.05, 4.69) is 47.0 Å². The summed E-state index contributed by atoms with van der Waals surface area (Å²) in [6.07, 6.45) is 1.24. The van der Waals surface area contributed by atoms with Gasteiger partial charge >= 0.3 is 0 Å². The van der Waals surface area contributed by atoms with Crippen molar-refractivity contribution in [3.05, 3.63) is 29.8 Å². The first kappa shape index (κ1) is 14.8. The first-order chi connectivity index (χ1) is 9.69. The molecule has 0 amide bonds. The molecule has 0 atom stereocenters. The maximum atomic E-state index is 8.82. The fourth-order valence-electron chi connectivity index (χ4n) is 2.59. The molecule has 0 saturated carbocycles. The lowest BCUT2D eigenvalue weighted by molar-refractivity contribution is 0.242. The molecule has 4 nitrogen and oxygen atoms in total. The monoisotopic (exact) mass is 272 g/mol.